The Hall–Kier alpha value is -3.92. The molecular weight excluding hydrogens is 489 g/mol. The molecule has 0 saturated carbocycles. The summed E-state index contributed by atoms with van der Waals surface area (Å²) in [6.45, 7) is 3.57. The number of nitrogens with one attached hydrogen (secondary N) is 1. The molecule has 0 aromatic heterocycles. The zero-order valence-electron chi connectivity index (χ0n) is 21.4. The highest BCUT2D eigenvalue weighted by molar-refractivity contribution is 6.02. The molecule has 0 aliphatic carbocycles. The highest BCUT2D eigenvalue weighted by Crippen LogP contribution is 2.44. The van der Waals surface area contributed by atoms with E-state index in [9.17, 15) is 14.0 Å². The largest absolute Gasteiger partial charge is 0.489 e. The second-order valence-electron chi connectivity index (χ2n) is 10.1. The number of amides is 3. The fourth-order valence-corrected chi connectivity index (χ4v) is 5.17. The van der Waals surface area contributed by atoms with Crippen molar-refractivity contribution in [3.05, 3.63) is 65.6 Å². The Labute approximate surface area is 221 Å². The number of anilines is 2. The third-order valence-electron chi connectivity index (χ3n) is 7.49. The molecule has 0 bridgehead atoms. The molecule has 5 rings (SSSR count). The predicted octanol–water partition coefficient (Wildman–Crippen LogP) is 3.03. The van der Waals surface area contributed by atoms with E-state index in [4.69, 9.17) is 15.2 Å². The standard InChI is InChI=1S/C28H32FN5O4/c1-33-24-13-22(34-17-28(18-34)8-10-37-11-9-28)6-7-25(24)38-16-23(26(33)35)32-27(36)31-15-20(14-30)12-19-2-4-21(29)5-3-19/h2-7,13-15,23H,8-12,16-18,30H2,1H3,(H,32,36)/b20-14-,31-15+. The summed E-state index contributed by atoms with van der Waals surface area (Å²) in [4.78, 5) is 33.5. The van der Waals surface area contributed by atoms with Crippen molar-refractivity contribution in [1.29, 1.82) is 0 Å². The molecule has 9 nitrogen and oxygen atoms in total. The molecule has 200 valence electrons. The molecular formula is C28H32FN5O4. The zero-order valence-corrected chi connectivity index (χ0v) is 21.4. The van der Waals surface area contributed by atoms with E-state index in [1.165, 1.54) is 29.4 Å². The number of hydrogen-bond acceptors (Lipinski definition) is 6. The van der Waals surface area contributed by atoms with Gasteiger partial charge in [0.05, 0.1) is 5.69 Å². The minimum atomic E-state index is -0.905. The van der Waals surface area contributed by atoms with E-state index in [0.717, 1.165) is 50.4 Å². The lowest BCUT2D eigenvalue weighted by Crippen LogP contribution is -2.58. The molecule has 3 amide bonds. The number of ether oxygens (including phenoxy) is 2. The Morgan fingerprint density at radius 1 is 1.21 bits per heavy atom. The molecule has 2 aromatic carbocycles. The van der Waals surface area contributed by atoms with Crippen molar-refractivity contribution in [1.82, 2.24) is 5.32 Å². The smallest absolute Gasteiger partial charge is 0.341 e. The first kappa shape index (κ1) is 25.7. The van der Waals surface area contributed by atoms with Gasteiger partial charge in [-0.25, -0.2) is 14.2 Å². The molecule has 0 radical (unpaired) electrons. The van der Waals surface area contributed by atoms with Crippen LogP contribution in [0.2, 0.25) is 0 Å². The summed E-state index contributed by atoms with van der Waals surface area (Å²) in [5, 5.41) is 2.63. The van der Waals surface area contributed by atoms with E-state index < -0.39 is 12.1 Å². The molecule has 2 fully saturated rings. The Morgan fingerprint density at radius 3 is 2.66 bits per heavy atom. The molecule has 1 unspecified atom stereocenters. The van der Waals surface area contributed by atoms with Gasteiger partial charge in [0.15, 0.2) is 0 Å². The van der Waals surface area contributed by atoms with Crippen molar-refractivity contribution in [2.45, 2.75) is 25.3 Å². The average Bonchev–Trinajstić information content (AvgIpc) is 3.03. The summed E-state index contributed by atoms with van der Waals surface area (Å²) in [6, 6.07) is 10.2. The van der Waals surface area contributed by atoms with Crippen LogP contribution in [0.15, 0.2) is 59.2 Å². The van der Waals surface area contributed by atoms with Crippen LogP contribution in [0, 0.1) is 11.2 Å². The Balaban J connectivity index is 1.20. The molecule has 2 saturated heterocycles. The summed E-state index contributed by atoms with van der Waals surface area (Å²) in [6.07, 6.45) is 5.21. The van der Waals surface area contributed by atoms with Crippen molar-refractivity contribution >= 4 is 29.5 Å². The van der Waals surface area contributed by atoms with Crippen molar-refractivity contribution in [2.24, 2.45) is 16.1 Å². The minimum Gasteiger partial charge on any atom is -0.489 e. The second kappa shape index (κ2) is 10.8. The van der Waals surface area contributed by atoms with Gasteiger partial charge in [-0.15, -0.1) is 0 Å². The van der Waals surface area contributed by atoms with Gasteiger partial charge in [0.2, 0.25) is 0 Å². The Morgan fingerprint density at radius 2 is 1.95 bits per heavy atom. The number of aliphatic imine (C=N–C) groups is 1. The summed E-state index contributed by atoms with van der Waals surface area (Å²) in [5.74, 6) is -0.0451. The summed E-state index contributed by atoms with van der Waals surface area (Å²) < 4.78 is 24.6. The van der Waals surface area contributed by atoms with Crippen LogP contribution in [0.5, 0.6) is 5.75 Å². The first-order valence-corrected chi connectivity index (χ1v) is 12.7. The molecule has 1 spiro atoms. The van der Waals surface area contributed by atoms with Gasteiger partial charge in [-0.05, 0) is 60.5 Å². The predicted molar refractivity (Wildman–Crippen MR) is 143 cm³/mol. The van der Waals surface area contributed by atoms with E-state index in [0.29, 0.717) is 28.8 Å². The summed E-state index contributed by atoms with van der Waals surface area (Å²) >= 11 is 0. The summed E-state index contributed by atoms with van der Waals surface area (Å²) in [5.41, 5.74) is 9.09. The Kier molecular flexibility index (Phi) is 7.33. The first-order valence-electron chi connectivity index (χ1n) is 12.7. The van der Waals surface area contributed by atoms with Gasteiger partial charge in [-0.2, -0.15) is 0 Å². The van der Waals surface area contributed by atoms with Gasteiger partial charge in [0.25, 0.3) is 5.91 Å². The molecule has 3 N–H and O–H groups in total. The quantitative estimate of drug-likeness (QED) is 0.586. The van der Waals surface area contributed by atoms with E-state index >= 15 is 0 Å². The average molecular weight is 522 g/mol. The van der Waals surface area contributed by atoms with Crippen molar-refractivity contribution < 1.29 is 23.5 Å². The van der Waals surface area contributed by atoms with Gasteiger partial charge in [-0.1, -0.05) is 12.1 Å². The number of rotatable bonds is 5. The normalized spacial score (nSPS) is 21.1. The van der Waals surface area contributed by atoms with E-state index in [1.807, 2.05) is 18.2 Å². The van der Waals surface area contributed by atoms with Crippen molar-refractivity contribution in [3.8, 4) is 5.75 Å². The number of benzene rings is 2. The molecule has 1 atom stereocenters. The highest BCUT2D eigenvalue weighted by atomic mass is 19.1. The monoisotopic (exact) mass is 521 g/mol. The lowest BCUT2D eigenvalue weighted by atomic mass is 9.73. The van der Waals surface area contributed by atoms with Crippen LogP contribution in [0.4, 0.5) is 20.6 Å². The summed E-state index contributed by atoms with van der Waals surface area (Å²) in [7, 11) is 1.68. The number of fused-ring (bicyclic) bond motifs is 1. The maximum atomic E-state index is 13.2. The number of carbonyl (C=O) groups is 2. The Bertz CT molecular complexity index is 1250. The molecule has 2 aromatic rings. The number of halogens is 1. The number of carbonyl (C=O) groups excluding carboxylic acids is 2. The fraction of sp³-hybridized carbons (Fsp3) is 0.393. The number of likely N-dealkylation sites (N-methyl/N-ethyl adjacent to an activating group) is 1. The molecule has 3 aliphatic heterocycles. The third-order valence-corrected chi connectivity index (χ3v) is 7.49. The number of allylic oxidation sites excluding steroid dienone is 1. The van der Waals surface area contributed by atoms with Crippen LogP contribution in [-0.2, 0) is 16.0 Å². The van der Waals surface area contributed by atoms with Gasteiger partial charge in [-0.3, -0.25) is 4.79 Å². The first-order chi connectivity index (χ1) is 18.4. The highest BCUT2D eigenvalue weighted by Gasteiger charge is 2.44. The van der Waals surface area contributed by atoms with Crippen LogP contribution < -0.4 is 25.6 Å². The number of urea groups is 1. The lowest BCUT2D eigenvalue weighted by molar-refractivity contribution is -0.120. The molecule has 10 heteroatoms. The van der Waals surface area contributed by atoms with E-state index in [2.05, 4.69) is 15.2 Å². The van der Waals surface area contributed by atoms with Crippen LogP contribution in [0.25, 0.3) is 0 Å². The van der Waals surface area contributed by atoms with Gasteiger partial charge in [0, 0.05) is 57.1 Å². The maximum absolute atomic E-state index is 13.2. The van der Waals surface area contributed by atoms with Crippen molar-refractivity contribution in [2.75, 3.05) is 49.8 Å². The number of hydrogen-bond donors (Lipinski definition) is 2. The van der Waals surface area contributed by atoms with Crippen LogP contribution in [-0.4, -0.2) is 64.2 Å². The fourth-order valence-electron chi connectivity index (χ4n) is 5.17. The maximum Gasteiger partial charge on any atom is 0.341 e. The van der Waals surface area contributed by atoms with Crippen LogP contribution in [0.1, 0.15) is 18.4 Å². The molecule has 38 heavy (non-hydrogen) atoms. The van der Waals surface area contributed by atoms with E-state index in [-0.39, 0.29) is 18.3 Å². The minimum absolute atomic E-state index is 0.0151. The molecule has 3 aliphatic rings. The number of nitrogens with two attached hydrogens (primary N) is 1. The van der Waals surface area contributed by atoms with Crippen molar-refractivity contribution in [3.63, 3.8) is 0 Å². The topological polar surface area (TPSA) is 109 Å². The van der Waals surface area contributed by atoms with Gasteiger partial charge < -0.3 is 30.3 Å². The zero-order chi connectivity index (χ0) is 26.7. The van der Waals surface area contributed by atoms with E-state index in [1.54, 1.807) is 19.2 Å². The SMILES string of the molecule is CN1C(=O)C(NC(=O)/N=C/C(=C\N)Cc2ccc(F)cc2)COc2ccc(N3CC4(CCOCC4)C3)cc21. The third kappa shape index (κ3) is 5.50. The number of nitrogens with zero attached hydrogens (tertiary/aromatic N) is 3. The van der Waals surface area contributed by atoms with Gasteiger partial charge >= 0.3 is 6.03 Å². The second-order valence-corrected chi connectivity index (χ2v) is 10.1. The van der Waals surface area contributed by atoms with Gasteiger partial charge in [0.1, 0.15) is 24.2 Å². The van der Waals surface area contributed by atoms with Crippen LogP contribution >= 0.6 is 0 Å². The van der Waals surface area contributed by atoms with Crippen LogP contribution in [0.3, 0.4) is 0 Å². The lowest BCUT2D eigenvalue weighted by Gasteiger charge is -2.53. The molecule has 3 heterocycles.